The SMILES string of the molecule is O=C1NC(=O)C(=Cc2ccnc(N3CCC(CNCc4cc(F)cc(-c5ccco5)n4)CC3)n2)S1. The van der Waals surface area contributed by atoms with Crippen LogP contribution in [0.4, 0.5) is 15.1 Å². The molecule has 2 fully saturated rings. The number of pyridine rings is 1. The van der Waals surface area contributed by atoms with E-state index in [1.54, 1.807) is 36.7 Å². The quantitative estimate of drug-likeness (QED) is 0.476. The lowest BCUT2D eigenvalue weighted by molar-refractivity contribution is -0.115. The van der Waals surface area contributed by atoms with Crippen molar-refractivity contribution < 1.29 is 18.4 Å². The number of amides is 2. The van der Waals surface area contributed by atoms with Crippen molar-refractivity contribution in [1.29, 1.82) is 0 Å². The maximum Gasteiger partial charge on any atom is 0.290 e. The molecule has 0 unspecified atom stereocenters. The van der Waals surface area contributed by atoms with Gasteiger partial charge in [0.25, 0.3) is 11.1 Å². The van der Waals surface area contributed by atoms with Crippen molar-refractivity contribution in [3.05, 3.63) is 64.9 Å². The van der Waals surface area contributed by atoms with Gasteiger partial charge in [-0.2, -0.15) is 0 Å². The van der Waals surface area contributed by atoms with Crippen LogP contribution in [0.15, 0.2) is 52.1 Å². The topological polar surface area (TPSA) is 113 Å². The van der Waals surface area contributed by atoms with Gasteiger partial charge in [0.1, 0.15) is 11.5 Å². The fourth-order valence-corrected chi connectivity index (χ4v) is 4.75. The van der Waals surface area contributed by atoms with Crippen molar-refractivity contribution >= 4 is 34.9 Å². The summed E-state index contributed by atoms with van der Waals surface area (Å²) < 4.78 is 19.3. The summed E-state index contributed by atoms with van der Waals surface area (Å²) in [4.78, 5) is 39.0. The van der Waals surface area contributed by atoms with E-state index in [-0.39, 0.29) is 11.1 Å². The van der Waals surface area contributed by atoms with E-state index in [1.165, 1.54) is 12.1 Å². The third-order valence-electron chi connectivity index (χ3n) is 5.84. The van der Waals surface area contributed by atoms with E-state index >= 15 is 0 Å². The number of imide groups is 1. The Labute approximate surface area is 205 Å². The minimum absolute atomic E-state index is 0.327. The van der Waals surface area contributed by atoms with E-state index < -0.39 is 5.91 Å². The Hall–Kier alpha value is -3.57. The molecule has 0 aromatic carbocycles. The lowest BCUT2D eigenvalue weighted by atomic mass is 9.97. The van der Waals surface area contributed by atoms with Gasteiger partial charge in [-0.1, -0.05) is 0 Å². The molecule has 0 radical (unpaired) electrons. The first-order valence-corrected chi connectivity index (χ1v) is 12.1. The number of thioether (sulfide) groups is 1. The van der Waals surface area contributed by atoms with Crippen LogP contribution in [0, 0.1) is 11.7 Å². The van der Waals surface area contributed by atoms with Crippen molar-refractivity contribution in [1.82, 2.24) is 25.6 Å². The predicted octanol–water partition coefficient (Wildman–Crippen LogP) is 3.60. The molecule has 9 nitrogen and oxygen atoms in total. The molecule has 2 aliphatic heterocycles. The molecule has 180 valence electrons. The summed E-state index contributed by atoms with van der Waals surface area (Å²) >= 11 is 0.868. The van der Waals surface area contributed by atoms with Gasteiger partial charge in [-0.3, -0.25) is 14.9 Å². The molecule has 3 aromatic heterocycles. The molecule has 35 heavy (non-hydrogen) atoms. The Balaban J connectivity index is 1.12. The number of nitrogens with one attached hydrogen (secondary N) is 2. The first-order valence-electron chi connectivity index (χ1n) is 11.3. The fourth-order valence-electron chi connectivity index (χ4n) is 4.08. The molecule has 0 aliphatic carbocycles. The monoisotopic (exact) mass is 494 g/mol. The maximum atomic E-state index is 14.0. The van der Waals surface area contributed by atoms with Crippen LogP contribution < -0.4 is 15.5 Å². The Bertz CT molecular complexity index is 1260. The van der Waals surface area contributed by atoms with E-state index in [4.69, 9.17) is 4.42 Å². The molecule has 0 spiro atoms. The standard InChI is InChI=1S/C24H23FN6O3S/c25-16-10-18(28-19(11-16)20-2-1-9-34-20)14-26-13-15-4-7-31(8-5-15)23-27-6-3-17(29-23)12-21-22(32)30-24(33)35-21/h1-3,6,9-12,15,26H,4-5,7-8,13-14H2,(H,30,32,33). The van der Waals surface area contributed by atoms with Gasteiger partial charge in [-0.15, -0.1) is 0 Å². The molecule has 0 saturated carbocycles. The molecule has 2 aliphatic rings. The van der Waals surface area contributed by atoms with Gasteiger partial charge in [-0.05, 0) is 67.4 Å². The number of nitrogens with zero attached hydrogens (tertiary/aromatic N) is 4. The summed E-state index contributed by atoms with van der Waals surface area (Å²) in [7, 11) is 0. The molecule has 0 atom stereocenters. The van der Waals surface area contributed by atoms with Crippen molar-refractivity contribution in [3.63, 3.8) is 0 Å². The molecule has 2 amide bonds. The molecule has 2 saturated heterocycles. The zero-order valence-corrected chi connectivity index (χ0v) is 19.6. The molecule has 5 heterocycles. The maximum absolute atomic E-state index is 14.0. The van der Waals surface area contributed by atoms with Gasteiger partial charge in [0.05, 0.1) is 22.6 Å². The van der Waals surface area contributed by atoms with Gasteiger partial charge in [0.15, 0.2) is 5.76 Å². The third kappa shape index (κ3) is 5.75. The summed E-state index contributed by atoms with van der Waals surface area (Å²) in [5.74, 6) is 0.876. The van der Waals surface area contributed by atoms with E-state index in [1.807, 2.05) is 0 Å². The largest absolute Gasteiger partial charge is 0.463 e. The molecule has 2 N–H and O–H groups in total. The van der Waals surface area contributed by atoms with Crippen LogP contribution in [0.2, 0.25) is 0 Å². The number of carbonyl (C=O) groups excluding carboxylic acids is 2. The second-order valence-corrected chi connectivity index (χ2v) is 9.35. The lowest BCUT2D eigenvalue weighted by Gasteiger charge is -2.32. The highest BCUT2D eigenvalue weighted by Gasteiger charge is 2.25. The van der Waals surface area contributed by atoms with E-state index in [0.717, 1.165) is 44.2 Å². The second-order valence-electron chi connectivity index (χ2n) is 8.33. The lowest BCUT2D eigenvalue weighted by Crippen LogP contribution is -2.38. The second kappa shape index (κ2) is 10.4. The first-order chi connectivity index (χ1) is 17.0. The molecule has 11 heteroatoms. The van der Waals surface area contributed by atoms with Crippen LogP contribution in [-0.4, -0.2) is 45.7 Å². The molecule has 5 rings (SSSR count). The number of carbonyl (C=O) groups is 2. The highest BCUT2D eigenvalue weighted by molar-refractivity contribution is 8.18. The van der Waals surface area contributed by atoms with Crippen LogP contribution in [0.1, 0.15) is 24.2 Å². The van der Waals surface area contributed by atoms with E-state index in [2.05, 4.69) is 30.5 Å². The van der Waals surface area contributed by atoms with Crippen molar-refractivity contribution in [3.8, 4) is 11.5 Å². The summed E-state index contributed by atoms with van der Waals surface area (Å²) in [5, 5.41) is 5.26. The van der Waals surface area contributed by atoms with Gasteiger partial charge >= 0.3 is 0 Å². The summed E-state index contributed by atoms with van der Waals surface area (Å²) in [5.41, 5.74) is 1.70. The van der Waals surface area contributed by atoms with Crippen LogP contribution >= 0.6 is 11.8 Å². The zero-order chi connectivity index (χ0) is 24.2. The van der Waals surface area contributed by atoms with Gasteiger partial charge in [-0.25, -0.2) is 19.3 Å². The Kier molecular flexibility index (Phi) is 6.87. The van der Waals surface area contributed by atoms with Crippen molar-refractivity contribution in [2.75, 3.05) is 24.5 Å². The molecular formula is C24H23FN6O3S. The average molecular weight is 495 g/mol. The Morgan fingerprint density at radius 3 is 2.83 bits per heavy atom. The normalized spacial score (nSPS) is 17.9. The zero-order valence-electron chi connectivity index (χ0n) is 18.7. The minimum atomic E-state index is -0.404. The van der Waals surface area contributed by atoms with Crippen molar-refractivity contribution in [2.24, 2.45) is 5.92 Å². The van der Waals surface area contributed by atoms with E-state index in [0.29, 0.717) is 46.2 Å². The summed E-state index contributed by atoms with van der Waals surface area (Å²) in [6.07, 6.45) is 6.72. The Morgan fingerprint density at radius 2 is 2.09 bits per heavy atom. The number of aromatic nitrogens is 3. The number of hydrogen-bond acceptors (Lipinski definition) is 9. The summed E-state index contributed by atoms with van der Waals surface area (Å²) in [6.45, 7) is 2.89. The number of halogens is 1. The number of furan rings is 1. The van der Waals surface area contributed by atoms with Gasteiger partial charge in [0, 0.05) is 31.9 Å². The van der Waals surface area contributed by atoms with Crippen molar-refractivity contribution in [2.45, 2.75) is 19.4 Å². The minimum Gasteiger partial charge on any atom is -0.463 e. The van der Waals surface area contributed by atoms with Crippen LogP contribution in [0.3, 0.4) is 0 Å². The molecular weight excluding hydrogens is 471 g/mol. The fraction of sp³-hybridized carbons (Fsp3) is 0.292. The molecule has 0 bridgehead atoms. The van der Waals surface area contributed by atoms with Gasteiger partial charge < -0.3 is 14.6 Å². The third-order valence-corrected chi connectivity index (χ3v) is 6.65. The van der Waals surface area contributed by atoms with E-state index in [9.17, 15) is 14.0 Å². The number of piperidine rings is 1. The van der Waals surface area contributed by atoms with Gasteiger partial charge in [0.2, 0.25) is 5.95 Å². The number of anilines is 1. The molecule has 3 aromatic rings. The van der Waals surface area contributed by atoms with Crippen LogP contribution in [0.5, 0.6) is 0 Å². The van der Waals surface area contributed by atoms with Crippen LogP contribution in [0.25, 0.3) is 17.5 Å². The number of hydrogen-bond donors (Lipinski definition) is 2. The highest BCUT2D eigenvalue weighted by Crippen LogP contribution is 2.26. The Morgan fingerprint density at radius 1 is 1.23 bits per heavy atom. The predicted molar refractivity (Wildman–Crippen MR) is 130 cm³/mol. The smallest absolute Gasteiger partial charge is 0.290 e. The highest BCUT2D eigenvalue weighted by atomic mass is 32.2. The average Bonchev–Trinajstić information content (AvgIpc) is 3.49. The number of rotatable bonds is 7. The summed E-state index contributed by atoms with van der Waals surface area (Å²) in [6, 6.07) is 8.02. The first kappa shape index (κ1) is 23.2. The van der Waals surface area contributed by atoms with Crippen LogP contribution in [-0.2, 0) is 11.3 Å².